The van der Waals surface area contributed by atoms with Gasteiger partial charge in [0.15, 0.2) is 0 Å². The lowest BCUT2D eigenvalue weighted by Gasteiger charge is -2.28. The summed E-state index contributed by atoms with van der Waals surface area (Å²) in [5.74, 6) is 0.0903. The molecular formula is C11H19N3O. The van der Waals surface area contributed by atoms with Crippen molar-refractivity contribution in [3.8, 4) is 0 Å². The standard InChI is InChI=1S/C11H19N3O/c1-11(2,5-6-12)10(15)14(3)9-4-7-13-8-9/h4,7-8,13H,5-6,12H2,1-3H3. The van der Waals surface area contributed by atoms with Gasteiger partial charge in [0.1, 0.15) is 0 Å². The molecule has 1 heterocycles. The monoisotopic (exact) mass is 209 g/mol. The molecule has 0 spiro atoms. The third-order valence-corrected chi connectivity index (χ3v) is 2.62. The zero-order valence-corrected chi connectivity index (χ0v) is 9.58. The molecule has 1 amide bonds. The van der Waals surface area contributed by atoms with E-state index < -0.39 is 5.41 Å². The molecule has 0 aliphatic heterocycles. The fourth-order valence-corrected chi connectivity index (χ4v) is 1.56. The molecule has 15 heavy (non-hydrogen) atoms. The van der Waals surface area contributed by atoms with Crippen molar-refractivity contribution in [1.29, 1.82) is 0 Å². The lowest BCUT2D eigenvalue weighted by molar-refractivity contribution is -0.126. The number of amides is 1. The van der Waals surface area contributed by atoms with Crippen LogP contribution in [-0.2, 0) is 4.79 Å². The van der Waals surface area contributed by atoms with Crippen molar-refractivity contribution in [3.63, 3.8) is 0 Å². The Morgan fingerprint density at radius 2 is 2.27 bits per heavy atom. The number of anilines is 1. The number of nitrogens with one attached hydrogen (secondary N) is 1. The van der Waals surface area contributed by atoms with E-state index in [4.69, 9.17) is 5.73 Å². The summed E-state index contributed by atoms with van der Waals surface area (Å²) in [6.07, 6.45) is 4.30. The first kappa shape index (κ1) is 11.8. The van der Waals surface area contributed by atoms with Crippen LogP contribution in [0.1, 0.15) is 20.3 Å². The van der Waals surface area contributed by atoms with E-state index in [1.807, 2.05) is 19.9 Å². The maximum atomic E-state index is 12.1. The van der Waals surface area contributed by atoms with Gasteiger partial charge in [-0.25, -0.2) is 0 Å². The minimum atomic E-state index is -0.402. The SMILES string of the molecule is CN(C(=O)C(C)(C)CCN)c1cc[nH]c1. The summed E-state index contributed by atoms with van der Waals surface area (Å²) in [5, 5.41) is 0. The number of nitrogens with two attached hydrogens (primary N) is 1. The molecule has 1 aromatic rings. The zero-order chi connectivity index (χ0) is 11.5. The van der Waals surface area contributed by atoms with E-state index in [0.29, 0.717) is 13.0 Å². The molecule has 0 radical (unpaired) electrons. The van der Waals surface area contributed by atoms with Crippen molar-refractivity contribution in [2.24, 2.45) is 11.1 Å². The zero-order valence-electron chi connectivity index (χ0n) is 9.58. The molecule has 0 aliphatic carbocycles. The molecule has 1 aromatic heterocycles. The average Bonchev–Trinajstić information content (AvgIpc) is 2.68. The average molecular weight is 209 g/mol. The van der Waals surface area contributed by atoms with Gasteiger partial charge in [-0.3, -0.25) is 4.79 Å². The first-order valence-electron chi connectivity index (χ1n) is 5.10. The third-order valence-electron chi connectivity index (χ3n) is 2.62. The van der Waals surface area contributed by atoms with Gasteiger partial charge in [0.05, 0.1) is 5.69 Å². The normalized spacial score (nSPS) is 11.5. The van der Waals surface area contributed by atoms with Gasteiger partial charge in [-0.2, -0.15) is 0 Å². The minimum Gasteiger partial charge on any atom is -0.366 e. The number of hydrogen-bond donors (Lipinski definition) is 2. The molecule has 0 fully saturated rings. The third kappa shape index (κ3) is 2.59. The smallest absolute Gasteiger partial charge is 0.232 e. The Morgan fingerprint density at radius 1 is 1.60 bits per heavy atom. The highest BCUT2D eigenvalue weighted by Crippen LogP contribution is 2.25. The second-order valence-corrected chi connectivity index (χ2v) is 4.36. The van der Waals surface area contributed by atoms with Gasteiger partial charge in [-0.1, -0.05) is 13.8 Å². The van der Waals surface area contributed by atoms with Crippen molar-refractivity contribution in [3.05, 3.63) is 18.5 Å². The molecule has 0 aromatic carbocycles. The molecule has 4 nitrogen and oxygen atoms in total. The summed E-state index contributed by atoms with van der Waals surface area (Å²) in [7, 11) is 1.78. The number of aromatic amines is 1. The van der Waals surface area contributed by atoms with E-state index in [-0.39, 0.29) is 5.91 Å². The molecule has 0 saturated carbocycles. The number of H-pyrrole nitrogens is 1. The largest absolute Gasteiger partial charge is 0.366 e. The predicted octanol–water partition coefficient (Wildman–Crippen LogP) is 1.35. The molecule has 4 heteroatoms. The lowest BCUT2D eigenvalue weighted by Crippen LogP contribution is -2.39. The Kier molecular flexibility index (Phi) is 3.52. The van der Waals surface area contributed by atoms with E-state index in [9.17, 15) is 4.79 Å². The van der Waals surface area contributed by atoms with Crippen molar-refractivity contribution >= 4 is 11.6 Å². The highest BCUT2D eigenvalue weighted by molar-refractivity contribution is 5.96. The van der Waals surface area contributed by atoms with Crippen LogP contribution in [0.4, 0.5) is 5.69 Å². The van der Waals surface area contributed by atoms with Crippen LogP contribution in [0.25, 0.3) is 0 Å². The topological polar surface area (TPSA) is 62.1 Å². The second-order valence-electron chi connectivity index (χ2n) is 4.36. The van der Waals surface area contributed by atoms with Gasteiger partial charge < -0.3 is 15.6 Å². The summed E-state index contributed by atoms with van der Waals surface area (Å²) in [6, 6.07) is 1.87. The molecule has 84 valence electrons. The highest BCUT2D eigenvalue weighted by Gasteiger charge is 2.30. The van der Waals surface area contributed by atoms with E-state index in [1.54, 1.807) is 24.3 Å². The number of hydrogen-bond acceptors (Lipinski definition) is 2. The number of carbonyl (C=O) groups is 1. The number of nitrogens with zero attached hydrogens (tertiary/aromatic N) is 1. The van der Waals surface area contributed by atoms with Gasteiger partial charge in [0.25, 0.3) is 0 Å². The van der Waals surface area contributed by atoms with Crippen LogP contribution >= 0.6 is 0 Å². The minimum absolute atomic E-state index is 0.0903. The van der Waals surface area contributed by atoms with Crippen LogP contribution in [0, 0.1) is 5.41 Å². The van der Waals surface area contributed by atoms with E-state index in [2.05, 4.69) is 4.98 Å². The van der Waals surface area contributed by atoms with Crippen molar-refractivity contribution in [2.45, 2.75) is 20.3 Å². The van der Waals surface area contributed by atoms with Gasteiger partial charge in [-0.05, 0) is 19.0 Å². The molecule has 0 saturated heterocycles. The second kappa shape index (κ2) is 4.49. The first-order chi connectivity index (χ1) is 6.99. The Hall–Kier alpha value is -1.29. The van der Waals surface area contributed by atoms with Gasteiger partial charge >= 0.3 is 0 Å². The van der Waals surface area contributed by atoms with Crippen LogP contribution in [0.2, 0.25) is 0 Å². The van der Waals surface area contributed by atoms with Crippen LogP contribution in [0.15, 0.2) is 18.5 Å². The molecular weight excluding hydrogens is 190 g/mol. The Labute approximate surface area is 90.5 Å². The summed E-state index contributed by atoms with van der Waals surface area (Å²) < 4.78 is 0. The maximum Gasteiger partial charge on any atom is 0.232 e. The number of aromatic nitrogens is 1. The molecule has 1 rings (SSSR count). The van der Waals surface area contributed by atoms with E-state index in [0.717, 1.165) is 5.69 Å². The van der Waals surface area contributed by atoms with Crippen LogP contribution in [0.5, 0.6) is 0 Å². The van der Waals surface area contributed by atoms with Gasteiger partial charge in [0.2, 0.25) is 5.91 Å². The lowest BCUT2D eigenvalue weighted by atomic mass is 9.87. The highest BCUT2D eigenvalue weighted by atomic mass is 16.2. The Bertz CT molecular complexity index is 317. The van der Waals surface area contributed by atoms with Crippen LogP contribution in [0.3, 0.4) is 0 Å². The Morgan fingerprint density at radius 3 is 2.73 bits per heavy atom. The van der Waals surface area contributed by atoms with Crippen molar-refractivity contribution in [1.82, 2.24) is 4.98 Å². The fourth-order valence-electron chi connectivity index (χ4n) is 1.56. The van der Waals surface area contributed by atoms with Gasteiger partial charge in [0, 0.05) is 24.9 Å². The quantitative estimate of drug-likeness (QED) is 0.786. The maximum absolute atomic E-state index is 12.1. The van der Waals surface area contributed by atoms with E-state index >= 15 is 0 Å². The van der Waals surface area contributed by atoms with Crippen molar-refractivity contribution < 1.29 is 4.79 Å². The summed E-state index contributed by atoms with van der Waals surface area (Å²) >= 11 is 0. The molecule has 3 N–H and O–H groups in total. The Balaban J connectivity index is 2.76. The van der Waals surface area contributed by atoms with Gasteiger partial charge in [-0.15, -0.1) is 0 Å². The first-order valence-corrected chi connectivity index (χ1v) is 5.10. The molecule has 0 bridgehead atoms. The molecule has 0 unspecified atom stereocenters. The predicted molar refractivity (Wildman–Crippen MR) is 61.7 cm³/mol. The van der Waals surface area contributed by atoms with Crippen molar-refractivity contribution in [2.75, 3.05) is 18.5 Å². The summed E-state index contributed by atoms with van der Waals surface area (Å²) in [6.45, 7) is 4.37. The molecule has 0 aliphatic rings. The van der Waals surface area contributed by atoms with Crippen LogP contribution < -0.4 is 10.6 Å². The summed E-state index contributed by atoms with van der Waals surface area (Å²) in [5.41, 5.74) is 5.97. The number of carbonyl (C=O) groups excluding carboxylic acids is 1. The number of rotatable bonds is 4. The fraction of sp³-hybridized carbons (Fsp3) is 0.545. The summed E-state index contributed by atoms with van der Waals surface area (Å²) in [4.78, 5) is 16.7. The van der Waals surface area contributed by atoms with Crippen LogP contribution in [-0.4, -0.2) is 24.5 Å². The molecule has 0 atom stereocenters. The van der Waals surface area contributed by atoms with E-state index in [1.165, 1.54) is 0 Å².